The van der Waals surface area contributed by atoms with Crippen LogP contribution in [0.2, 0.25) is 5.02 Å². The van der Waals surface area contributed by atoms with Crippen molar-refractivity contribution in [1.29, 1.82) is 0 Å². The normalized spacial score (nSPS) is 24.1. The highest BCUT2D eigenvalue weighted by Crippen LogP contribution is 2.29. The van der Waals surface area contributed by atoms with Gasteiger partial charge in [0.2, 0.25) is 0 Å². The number of halogens is 1. The monoisotopic (exact) mass is 238 g/mol. The lowest BCUT2D eigenvalue weighted by Crippen LogP contribution is -2.43. The molecular formula is C11H11ClN2O2. The van der Waals surface area contributed by atoms with Gasteiger partial charge in [-0.05, 0) is 24.1 Å². The first-order valence-corrected chi connectivity index (χ1v) is 5.36. The van der Waals surface area contributed by atoms with Gasteiger partial charge in [-0.15, -0.1) is 0 Å². The van der Waals surface area contributed by atoms with Gasteiger partial charge in [0, 0.05) is 5.02 Å². The number of hydrogen-bond acceptors (Lipinski definition) is 2. The third-order valence-electron chi connectivity index (χ3n) is 2.79. The number of amides is 3. The Morgan fingerprint density at radius 2 is 2.12 bits per heavy atom. The summed E-state index contributed by atoms with van der Waals surface area (Å²) in [6, 6.07) is 6.49. The lowest BCUT2D eigenvalue weighted by Gasteiger charge is -2.24. The first kappa shape index (κ1) is 11.0. The average Bonchev–Trinajstić information content (AvgIpc) is 2.54. The van der Waals surface area contributed by atoms with Crippen molar-refractivity contribution >= 4 is 23.5 Å². The van der Waals surface area contributed by atoms with Crippen LogP contribution in [0, 0.1) is 0 Å². The van der Waals surface area contributed by atoms with E-state index >= 15 is 0 Å². The fourth-order valence-electron chi connectivity index (χ4n) is 1.90. The van der Waals surface area contributed by atoms with Crippen molar-refractivity contribution in [3.63, 3.8) is 0 Å². The number of imide groups is 1. The number of urea groups is 1. The molecule has 84 valence electrons. The van der Waals surface area contributed by atoms with Gasteiger partial charge in [0.05, 0.1) is 0 Å². The fourth-order valence-corrected chi connectivity index (χ4v) is 2.09. The van der Waals surface area contributed by atoms with E-state index < -0.39 is 11.6 Å². The molecule has 1 heterocycles. The van der Waals surface area contributed by atoms with E-state index in [0.717, 1.165) is 0 Å². The first-order chi connectivity index (χ1) is 7.58. The van der Waals surface area contributed by atoms with Crippen LogP contribution in [0.4, 0.5) is 4.79 Å². The molecule has 1 unspecified atom stereocenters. The van der Waals surface area contributed by atoms with E-state index in [0.29, 0.717) is 17.0 Å². The largest absolute Gasteiger partial charge is 0.322 e. The van der Waals surface area contributed by atoms with Crippen LogP contribution < -0.4 is 10.6 Å². The molecule has 0 aromatic heterocycles. The van der Waals surface area contributed by atoms with Gasteiger partial charge in [0.25, 0.3) is 5.91 Å². The van der Waals surface area contributed by atoms with Crippen LogP contribution in [0.25, 0.3) is 0 Å². The van der Waals surface area contributed by atoms with E-state index in [-0.39, 0.29) is 5.91 Å². The SMILES string of the molecule is CCC1(c2cccc(Cl)c2)NC(=O)NC1=O. The van der Waals surface area contributed by atoms with Crippen molar-refractivity contribution < 1.29 is 9.59 Å². The highest BCUT2D eigenvalue weighted by atomic mass is 35.5. The summed E-state index contributed by atoms with van der Waals surface area (Å²) in [5.74, 6) is -0.331. The van der Waals surface area contributed by atoms with Gasteiger partial charge in [0.1, 0.15) is 5.54 Å². The topological polar surface area (TPSA) is 58.2 Å². The van der Waals surface area contributed by atoms with Gasteiger partial charge in [-0.1, -0.05) is 30.7 Å². The molecule has 1 aromatic carbocycles. The van der Waals surface area contributed by atoms with Gasteiger partial charge < -0.3 is 5.32 Å². The lowest BCUT2D eigenvalue weighted by atomic mass is 9.87. The Hall–Kier alpha value is -1.55. The van der Waals surface area contributed by atoms with Gasteiger partial charge >= 0.3 is 6.03 Å². The lowest BCUT2D eigenvalue weighted by molar-refractivity contribution is -0.124. The fraction of sp³-hybridized carbons (Fsp3) is 0.273. The molecule has 1 aromatic rings. The Morgan fingerprint density at radius 1 is 1.38 bits per heavy atom. The summed E-state index contributed by atoms with van der Waals surface area (Å²) in [4.78, 5) is 23.0. The maximum Gasteiger partial charge on any atom is 0.322 e. The number of hydrogen-bond donors (Lipinski definition) is 2. The molecule has 2 N–H and O–H groups in total. The summed E-state index contributed by atoms with van der Waals surface area (Å²) >= 11 is 5.88. The highest BCUT2D eigenvalue weighted by Gasteiger charge is 2.46. The van der Waals surface area contributed by atoms with Crippen LogP contribution >= 0.6 is 11.6 Å². The second-order valence-corrected chi connectivity index (χ2v) is 4.11. The molecule has 0 aliphatic carbocycles. The summed E-state index contributed by atoms with van der Waals surface area (Å²) in [6.45, 7) is 1.84. The minimum atomic E-state index is -0.984. The second kappa shape index (κ2) is 3.79. The molecule has 0 spiro atoms. The van der Waals surface area contributed by atoms with Crippen LogP contribution in [-0.4, -0.2) is 11.9 Å². The molecular weight excluding hydrogens is 228 g/mol. The molecule has 3 amide bonds. The summed E-state index contributed by atoms with van der Waals surface area (Å²) < 4.78 is 0. The third-order valence-corrected chi connectivity index (χ3v) is 3.02. The quantitative estimate of drug-likeness (QED) is 0.772. The molecule has 1 atom stereocenters. The Labute approximate surface area is 98.0 Å². The van der Waals surface area contributed by atoms with Gasteiger partial charge in [-0.25, -0.2) is 4.79 Å². The van der Waals surface area contributed by atoms with Crippen molar-refractivity contribution in [2.75, 3.05) is 0 Å². The minimum Gasteiger partial charge on any atom is -0.319 e. The molecule has 1 aliphatic heterocycles. The van der Waals surface area contributed by atoms with Crippen LogP contribution in [0.3, 0.4) is 0 Å². The van der Waals surface area contributed by atoms with Crippen molar-refractivity contribution in [2.45, 2.75) is 18.9 Å². The zero-order valence-electron chi connectivity index (χ0n) is 8.71. The van der Waals surface area contributed by atoms with Gasteiger partial charge in [-0.3, -0.25) is 10.1 Å². The Morgan fingerprint density at radius 3 is 2.62 bits per heavy atom. The maximum absolute atomic E-state index is 11.8. The molecule has 0 saturated carbocycles. The zero-order chi connectivity index (χ0) is 11.8. The Bertz CT molecular complexity index is 461. The van der Waals surface area contributed by atoms with Gasteiger partial charge in [0.15, 0.2) is 0 Å². The number of benzene rings is 1. The van der Waals surface area contributed by atoms with Crippen molar-refractivity contribution in [3.8, 4) is 0 Å². The van der Waals surface area contributed by atoms with E-state index in [1.807, 2.05) is 6.92 Å². The number of carbonyl (C=O) groups excluding carboxylic acids is 2. The van der Waals surface area contributed by atoms with Gasteiger partial charge in [-0.2, -0.15) is 0 Å². The molecule has 5 heteroatoms. The smallest absolute Gasteiger partial charge is 0.319 e. The molecule has 1 saturated heterocycles. The maximum atomic E-state index is 11.8. The van der Waals surface area contributed by atoms with E-state index in [9.17, 15) is 9.59 Å². The average molecular weight is 239 g/mol. The standard InChI is InChI=1S/C11H11ClN2O2/c1-2-11(9(15)13-10(16)14-11)7-4-3-5-8(12)6-7/h3-6H,2H2,1H3,(H2,13,14,15,16). The molecule has 2 rings (SSSR count). The molecule has 0 radical (unpaired) electrons. The Balaban J connectivity index is 2.50. The molecule has 1 aliphatic rings. The van der Waals surface area contributed by atoms with E-state index in [1.54, 1.807) is 24.3 Å². The minimum absolute atomic E-state index is 0.331. The van der Waals surface area contributed by atoms with Crippen molar-refractivity contribution in [1.82, 2.24) is 10.6 Å². The third kappa shape index (κ3) is 1.55. The number of nitrogens with one attached hydrogen (secondary N) is 2. The highest BCUT2D eigenvalue weighted by molar-refractivity contribution is 6.30. The second-order valence-electron chi connectivity index (χ2n) is 3.68. The van der Waals surface area contributed by atoms with Crippen molar-refractivity contribution in [3.05, 3.63) is 34.9 Å². The van der Waals surface area contributed by atoms with E-state index in [1.165, 1.54) is 0 Å². The molecule has 0 bridgehead atoms. The Kier molecular flexibility index (Phi) is 2.59. The van der Waals surface area contributed by atoms with E-state index in [2.05, 4.69) is 10.6 Å². The van der Waals surface area contributed by atoms with E-state index in [4.69, 9.17) is 11.6 Å². The zero-order valence-corrected chi connectivity index (χ0v) is 9.47. The predicted octanol–water partition coefficient (Wildman–Crippen LogP) is 1.78. The summed E-state index contributed by atoms with van der Waals surface area (Å²) in [5.41, 5.74) is -0.284. The summed E-state index contributed by atoms with van der Waals surface area (Å²) in [7, 11) is 0. The summed E-state index contributed by atoms with van der Waals surface area (Å²) in [5, 5.41) is 5.44. The number of rotatable bonds is 2. The summed E-state index contributed by atoms with van der Waals surface area (Å²) in [6.07, 6.45) is 0.477. The molecule has 4 nitrogen and oxygen atoms in total. The van der Waals surface area contributed by atoms with Crippen molar-refractivity contribution in [2.24, 2.45) is 0 Å². The molecule has 16 heavy (non-hydrogen) atoms. The predicted molar refractivity (Wildman–Crippen MR) is 60.1 cm³/mol. The number of carbonyl (C=O) groups is 2. The molecule has 1 fully saturated rings. The first-order valence-electron chi connectivity index (χ1n) is 4.98. The van der Waals surface area contributed by atoms with Crippen LogP contribution in [0.15, 0.2) is 24.3 Å². The van der Waals surface area contributed by atoms with Crippen LogP contribution in [0.5, 0.6) is 0 Å². The van der Waals surface area contributed by atoms with Crippen LogP contribution in [0.1, 0.15) is 18.9 Å². The van der Waals surface area contributed by atoms with Crippen LogP contribution in [-0.2, 0) is 10.3 Å².